The highest BCUT2D eigenvalue weighted by atomic mass is 16.3. The van der Waals surface area contributed by atoms with Gasteiger partial charge in [0.15, 0.2) is 0 Å². The van der Waals surface area contributed by atoms with E-state index in [0.717, 1.165) is 25.0 Å². The van der Waals surface area contributed by atoms with Gasteiger partial charge in [0.2, 0.25) is 0 Å². The molecule has 0 spiro atoms. The van der Waals surface area contributed by atoms with Crippen LogP contribution in [0.15, 0.2) is 23.3 Å². The average molecular weight is 262 g/mol. The van der Waals surface area contributed by atoms with Gasteiger partial charge in [0.1, 0.15) is 11.5 Å². The summed E-state index contributed by atoms with van der Waals surface area (Å²) in [5.41, 5.74) is 3.65. The van der Waals surface area contributed by atoms with Crippen molar-refractivity contribution in [2.75, 3.05) is 0 Å². The first-order valence-corrected chi connectivity index (χ1v) is 6.43. The van der Waals surface area contributed by atoms with Crippen LogP contribution in [0.5, 0.6) is 11.5 Å². The first kappa shape index (κ1) is 13.4. The van der Waals surface area contributed by atoms with Gasteiger partial charge in [0.05, 0.1) is 0 Å². The Bertz CT molecular complexity index is 491. The van der Waals surface area contributed by atoms with Crippen LogP contribution in [0.4, 0.5) is 0 Å². The Morgan fingerprint density at radius 1 is 1.32 bits per heavy atom. The van der Waals surface area contributed by atoms with Gasteiger partial charge in [0.25, 0.3) is 5.91 Å². The topological polar surface area (TPSA) is 81.9 Å². The zero-order valence-corrected chi connectivity index (χ0v) is 10.9. The summed E-state index contributed by atoms with van der Waals surface area (Å²) in [4.78, 5) is 11.8. The standard InChI is InChI=1S/C14H18N2O3/c1-9-3-2-4-11(5-9)15-16-14(19)10-6-12(17)8-13(18)7-10/h6-9,17-18H,2-5H2,1H3,(H,16,19)/t9-/m1/s1. The number of carbonyl (C=O) groups is 1. The van der Waals surface area contributed by atoms with Crippen LogP contribution in [0.2, 0.25) is 0 Å². The Morgan fingerprint density at radius 2 is 2.00 bits per heavy atom. The van der Waals surface area contributed by atoms with E-state index >= 15 is 0 Å². The maximum Gasteiger partial charge on any atom is 0.271 e. The van der Waals surface area contributed by atoms with E-state index < -0.39 is 5.91 Å². The van der Waals surface area contributed by atoms with Crippen molar-refractivity contribution in [1.29, 1.82) is 0 Å². The molecule has 0 saturated heterocycles. The highest BCUT2D eigenvalue weighted by Crippen LogP contribution is 2.22. The van der Waals surface area contributed by atoms with Crippen LogP contribution in [0.25, 0.3) is 0 Å². The lowest BCUT2D eigenvalue weighted by atomic mass is 9.89. The maximum absolute atomic E-state index is 11.8. The normalized spacial score (nSPS) is 21.3. The molecule has 0 aromatic heterocycles. The lowest BCUT2D eigenvalue weighted by Gasteiger charge is -2.18. The number of hydrazone groups is 1. The molecule has 102 valence electrons. The summed E-state index contributed by atoms with van der Waals surface area (Å²) in [5.74, 6) is -0.126. The van der Waals surface area contributed by atoms with Gasteiger partial charge in [-0.2, -0.15) is 5.10 Å². The molecular weight excluding hydrogens is 244 g/mol. The molecule has 19 heavy (non-hydrogen) atoms. The van der Waals surface area contributed by atoms with Crippen molar-refractivity contribution in [2.24, 2.45) is 11.0 Å². The predicted octanol–water partition coefficient (Wildman–Crippen LogP) is 2.39. The van der Waals surface area contributed by atoms with E-state index in [9.17, 15) is 15.0 Å². The van der Waals surface area contributed by atoms with E-state index in [4.69, 9.17) is 0 Å². The zero-order chi connectivity index (χ0) is 13.8. The second kappa shape index (κ2) is 5.73. The van der Waals surface area contributed by atoms with Crippen LogP contribution >= 0.6 is 0 Å². The van der Waals surface area contributed by atoms with Crippen molar-refractivity contribution in [3.05, 3.63) is 23.8 Å². The summed E-state index contributed by atoms with van der Waals surface area (Å²) in [6.07, 6.45) is 4.12. The van der Waals surface area contributed by atoms with E-state index in [1.807, 2.05) is 0 Å². The van der Waals surface area contributed by atoms with E-state index in [1.54, 1.807) is 0 Å². The molecule has 3 N–H and O–H groups in total. The smallest absolute Gasteiger partial charge is 0.271 e. The Kier molecular flexibility index (Phi) is 4.04. The number of nitrogens with one attached hydrogen (secondary N) is 1. The average Bonchev–Trinajstić information content (AvgIpc) is 2.35. The van der Waals surface area contributed by atoms with E-state index in [0.29, 0.717) is 5.92 Å². The lowest BCUT2D eigenvalue weighted by molar-refractivity contribution is 0.0953. The van der Waals surface area contributed by atoms with Crippen LogP contribution < -0.4 is 5.43 Å². The number of phenolic OH excluding ortho intramolecular Hbond substituents is 2. The summed E-state index contributed by atoms with van der Waals surface area (Å²) in [6, 6.07) is 3.75. The molecular formula is C14H18N2O3. The van der Waals surface area contributed by atoms with E-state index in [1.165, 1.54) is 24.6 Å². The van der Waals surface area contributed by atoms with Crippen molar-refractivity contribution >= 4 is 11.6 Å². The molecule has 0 aliphatic heterocycles. The molecule has 1 aliphatic carbocycles. The molecule has 1 saturated carbocycles. The Hall–Kier alpha value is -2.04. The number of amides is 1. The highest BCUT2D eigenvalue weighted by molar-refractivity contribution is 5.96. The Balaban J connectivity index is 2.02. The Labute approximate surface area is 112 Å². The number of phenols is 2. The first-order chi connectivity index (χ1) is 9.04. The Morgan fingerprint density at radius 3 is 2.63 bits per heavy atom. The van der Waals surface area contributed by atoms with Crippen LogP contribution in [0.1, 0.15) is 43.0 Å². The van der Waals surface area contributed by atoms with E-state index in [-0.39, 0.29) is 17.1 Å². The quantitative estimate of drug-likeness (QED) is 0.716. The minimum absolute atomic E-state index is 0.149. The van der Waals surface area contributed by atoms with Crippen molar-refractivity contribution in [3.8, 4) is 11.5 Å². The van der Waals surface area contributed by atoms with Gasteiger partial charge >= 0.3 is 0 Å². The number of aromatic hydroxyl groups is 2. The van der Waals surface area contributed by atoms with Crippen molar-refractivity contribution < 1.29 is 15.0 Å². The number of benzene rings is 1. The second-order valence-electron chi connectivity index (χ2n) is 5.06. The molecule has 1 amide bonds. The van der Waals surface area contributed by atoms with Crippen molar-refractivity contribution in [1.82, 2.24) is 5.43 Å². The van der Waals surface area contributed by atoms with Crippen molar-refractivity contribution in [2.45, 2.75) is 32.6 Å². The summed E-state index contributed by atoms with van der Waals surface area (Å²) in [7, 11) is 0. The first-order valence-electron chi connectivity index (χ1n) is 6.43. The minimum atomic E-state index is -0.433. The van der Waals surface area contributed by atoms with Crippen molar-refractivity contribution in [3.63, 3.8) is 0 Å². The summed E-state index contributed by atoms with van der Waals surface area (Å²) in [5, 5.41) is 22.8. The third kappa shape index (κ3) is 3.71. The summed E-state index contributed by atoms with van der Waals surface area (Å²) >= 11 is 0. The zero-order valence-electron chi connectivity index (χ0n) is 10.9. The molecule has 1 fully saturated rings. The van der Waals surface area contributed by atoms with Gasteiger partial charge in [0, 0.05) is 17.3 Å². The fourth-order valence-corrected chi connectivity index (χ4v) is 2.28. The third-order valence-corrected chi connectivity index (χ3v) is 3.23. The molecule has 1 aromatic carbocycles. The molecule has 0 unspecified atom stereocenters. The highest BCUT2D eigenvalue weighted by Gasteiger charge is 2.14. The predicted molar refractivity (Wildman–Crippen MR) is 72.3 cm³/mol. The van der Waals surface area contributed by atoms with Crippen LogP contribution in [-0.4, -0.2) is 21.8 Å². The molecule has 5 heteroatoms. The number of rotatable bonds is 2. The largest absolute Gasteiger partial charge is 0.508 e. The molecule has 1 aromatic rings. The van der Waals surface area contributed by atoms with Gasteiger partial charge in [-0.3, -0.25) is 4.79 Å². The number of hydrogen-bond donors (Lipinski definition) is 3. The lowest BCUT2D eigenvalue weighted by Crippen LogP contribution is -2.22. The van der Waals surface area contributed by atoms with Crippen LogP contribution in [-0.2, 0) is 0 Å². The molecule has 1 atom stereocenters. The van der Waals surface area contributed by atoms with Gasteiger partial charge in [-0.25, -0.2) is 5.43 Å². The molecule has 5 nitrogen and oxygen atoms in total. The van der Waals surface area contributed by atoms with Crippen LogP contribution in [0.3, 0.4) is 0 Å². The summed E-state index contributed by atoms with van der Waals surface area (Å²) < 4.78 is 0. The SMILES string of the molecule is C[C@@H]1CCCC(=NNC(=O)c2cc(O)cc(O)c2)C1. The van der Waals surface area contributed by atoms with Gasteiger partial charge < -0.3 is 10.2 Å². The third-order valence-electron chi connectivity index (χ3n) is 3.23. The molecule has 2 rings (SSSR count). The molecule has 1 aliphatic rings. The van der Waals surface area contributed by atoms with E-state index in [2.05, 4.69) is 17.5 Å². The fourth-order valence-electron chi connectivity index (χ4n) is 2.28. The van der Waals surface area contributed by atoms with Gasteiger partial charge in [-0.05, 0) is 43.7 Å². The van der Waals surface area contributed by atoms with Gasteiger partial charge in [-0.1, -0.05) is 6.92 Å². The number of nitrogens with zero attached hydrogens (tertiary/aromatic N) is 1. The number of carbonyl (C=O) groups excluding carboxylic acids is 1. The maximum atomic E-state index is 11.8. The monoisotopic (exact) mass is 262 g/mol. The number of hydrogen-bond acceptors (Lipinski definition) is 4. The molecule has 0 radical (unpaired) electrons. The second-order valence-corrected chi connectivity index (χ2v) is 5.06. The summed E-state index contributed by atoms with van der Waals surface area (Å²) in [6.45, 7) is 2.17. The minimum Gasteiger partial charge on any atom is -0.508 e. The fraction of sp³-hybridized carbons (Fsp3) is 0.429. The molecule has 0 heterocycles. The molecule has 0 bridgehead atoms. The van der Waals surface area contributed by atoms with Gasteiger partial charge in [-0.15, -0.1) is 0 Å². The van der Waals surface area contributed by atoms with Crippen LogP contribution in [0, 0.1) is 5.92 Å².